The molecule has 0 aliphatic carbocycles. The van der Waals surface area contributed by atoms with Crippen molar-refractivity contribution in [3.63, 3.8) is 0 Å². The topological polar surface area (TPSA) is 104 Å². The lowest BCUT2D eigenvalue weighted by atomic mass is 10.1. The van der Waals surface area contributed by atoms with Gasteiger partial charge in [-0.2, -0.15) is 0 Å². The summed E-state index contributed by atoms with van der Waals surface area (Å²) in [4.78, 5) is 32.8. The number of rotatable bonds is 4. The zero-order valence-electron chi connectivity index (χ0n) is 16.4. The van der Waals surface area contributed by atoms with E-state index in [2.05, 4.69) is 33.1 Å². The lowest BCUT2D eigenvalue weighted by Gasteiger charge is -2.26. The van der Waals surface area contributed by atoms with E-state index in [-0.39, 0.29) is 5.56 Å². The van der Waals surface area contributed by atoms with Gasteiger partial charge >= 0.3 is 0 Å². The van der Waals surface area contributed by atoms with Crippen LogP contribution in [0, 0.1) is 0 Å². The standard InChI is InChI=1S/C23H22N4O3/c24-22(28)15-2-4-20-17(10-15)11-18(23(29)26-20)21-12-16-9-14(1-3-19(16)25-21)13-27-5-7-30-8-6-27/h1-4,9-12,25H,5-8,13H2,(H2,24,28)(H,26,29). The molecule has 7 heteroatoms. The number of ether oxygens (including phenoxy) is 1. The van der Waals surface area contributed by atoms with E-state index in [9.17, 15) is 9.59 Å². The Labute approximate surface area is 172 Å². The van der Waals surface area contributed by atoms with Crippen LogP contribution >= 0.6 is 0 Å². The van der Waals surface area contributed by atoms with Crippen molar-refractivity contribution in [2.24, 2.45) is 5.73 Å². The Hall–Kier alpha value is -3.42. The summed E-state index contributed by atoms with van der Waals surface area (Å²) in [5, 5.41) is 1.81. The van der Waals surface area contributed by atoms with Crippen LogP contribution in [0.5, 0.6) is 0 Å². The van der Waals surface area contributed by atoms with Crippen LogP contribution in [-0.2, 0) is 11.3 Å². The number of nitrogens with two attached hydrogens (primary N) is 1. The van der Waals surface area contributed by atoms with Gasteiger partial charge < -0.3 is 20.4 Å². The Balaban J connectivity index is 1.52. The minimum atomic E-state index is -0.497. The molecule has 1 aliphatic heterocycles. The third-order valence-corrected chi connectivity index (χ3v) is 5.61. The first-order valence-corrected chi connectivity index (χ1v) is 9.96. The van der Waals surface area contributed by atoms with Crippen molar-refractivity contribution in [3.05, 3.63) is 70.0 Å². The van der Waals surface area contributed by atoms with Gasteiger partial charge in [-0.25, -0.2) is 0 Å². The number of aromatic nitrogens is 2. The van der Waals surface area contributed by atoms with E-state index in [0.717, 1.165) is 54.8 Å². The van der Waals surface area contributed by atoms with Gasteiger partial charge in [-0.3, -0.25) is 14.5 Å². The molecule has 0 spiro atoms. The predicted molar refractivity (Wildman–Crippen MR) is 116 cm³/mol. The van der Waals surface area contributed by atoms with Gasteiger partial charge in [0.1, 0.15) is 0 Å². The number of nitrogens with one attached hydrogen (secondary N) is 2. The lowest BCUT2D eigenvalue weighted by molar-refractivity contribution is 0.0342. The Morgan fingerprint density at radius 3 is 2.50 bits per heavy atom. The van der Waals surface area contributed by atoms with Crippen LogP contribution in [0.3, 0.4) is 0 Å². The maximum atomic E-state index is 12.7. The molecule has 30 heavy (non-hydrogen) atoms. The minimum absolute atomic E-state index is 0.186. The molecule has 0 unspecified atom stereocenters. The average molecular weight is 402 g/mol. The monoisotopic (exact) mass is 402 g/mol. The quantitative estimate of drug-likeness (QED) is 0.488. The fraction of sp³-hybridized carbons (Fsp3) is 0.217. The molecule has 1 amide bonds. The third kappa shape index (κ3) is 3.49. The van der Waals surface area contributed by atoms with Crippen LogP contribution in [0.25, 0.3) is 33.1 Å². The number of aromatic amines is 2. The van der Waals surface area contributed by atoms with Gasteiger partial charge in [0.05, 0.1) is 24.5 Å². The van der Waals surface area contributed by atoms with E-state index in [1.54, 1.807) is 24.3 Å². The summed E-state index contributed by atoms with van der Waals surface area (Å²) in [6.45, 7) is 4.32. The lowest BCUT2D eigenvalue weighted by Crippen LogP contribution is -2.35. The molecular weight excluding hydrogens is 380 g/mol. The van der Waals surface area contributed by atoms with E-state index in [0.29, 0.717) is 16.6 Å². The molecule has 2 aromatic heterocycles. The molecule has 1 saturated heterocycles. The van der Waals surface area contributed by atoms with Crippen LogP contribution in [0.2, 0.25) is 0 Å². The first-order chi connectivity index (χ1) is 14.6. The molecule has 4 N–H and O–H groups in total. The summed E-state index contributed by atoms with van der Waals surface area (Å²) in [6, 6.07) is 15.1. The number of nitrogens with zero attached hydrogens (tertiary/aromatic N) is 1. The van der Waals surface area contributed by atoms with Crippen molar-refractivity contribution in [2.75, 3.05) is 26.3 Å². The first-order valence-electron chi connectivity index (χ1n) is 9.96. The molecule has 2 aromatic carbocycles. The second-order valence-corrected chi connectivity index (χ2v) is 7.67. The van der Waals surface area contributed by atoms with Crippen molar-refractivity contribution in [1.82, 2.24) is 14.9 Å². The maximum absolute atomic E-state index is 12.7. The second-order valence-electron chi connectivity index (χ2n) is 7.67. The fourth-order valence-electron chi connectivity index (χ4n) is 4.00. The second kappa shape index (κ2) is 7.44. The molecule has 1 fully saturated rings. The van der Waals surface area contributed by atoms with Gasteiger partial charge in [0.25, 0.3) is 5.56 Å². The van der Waals surface area contributed by atoms with Crippen molar-refractivity contribution < 1.29 is 9.53 Å². The van der Waals surface area contributed by atoms with Crippen molar-refractivity contribution in [3.8, 4) is 11.3 Å². The van der Waals surface area contributed by atoms with Crippen molar-refractivity contribution in [1.29, 1.82) is 0 Å². The van der Waals surface area contributed by atoms with E-state index in [1.807, 2.05) is 6.07 Å². The van der Waals surface area contributed by atoms with Gasteiger partial charge in [-0.1, -0.05) is 6.07 Å². The Morgan fingerprint density at radius 2 is 1.70 bits per heavy atom. The molecular formula is C23H22N4O3. The molecule has 4 aromatic rings. The number of morpholine rings is 1. The molecule has 0 atom stereocenters. The highest BCUT2D eigenvalue weighted by Crippen LogP contribution is 2.25. The highest BCUT2D eigenvalue weighted by molar-refractivity contribution is 5.97. The van der Waals surface area contributed by atoms with Gasteiger partial charge in [-0.05, 0) is 53.4 Å². The first kappa shape index (κ1) is 18.6. The zero-order valence-corrected chi connectivity index (χ0v) is 16.4. The van der Waals surface area contributed by atoms with Gasteiger partial charge in [0, 0.05) is 41.6 Å². The van der Waals surface area contributed by atoms with Crippen LogP contribution in [-0.4, -0.2) is 47.1 Å². The molecule has 1 aliphatic rings. The van der Waals surface area contributed by atoms with E-state index in [1.165, 1.54) is 5.56 Å². The average Bonchev–Trinajstić information content (AvgIpc) is 3.16. The van der Waals surface area contributed by atoms with E-state index in [4.69, 9.17) is 10.5 Å². The van der Waals surface area contributed by atoms with Crippen molar-refractivity contribution in [2.45, 2.75) is 6.54 Å². The highest BCUT2D eigenvalue weighted by Gasteiger charge is 2.13. The fourth-order valence-corrected chi connectivity index (χ4v) is 4.00. The summed E-state index contributed by atoms with van der Waals surface area (Å²) in [5.41, 5.74) is 9.74. The summed E-state index contributed by atoms with van der Waals surface area (Å²) in [7, 11) is 0. The number of amides is 1. The van der Waals surface area contributed by atoms with Crippen LogP contribution < -0.4 is 11.3 Å². The molecule has 0 saturated carbocycles. The number of H-pyrrole nitrogens is 2. The van der Waals surface area contributed by atoms with Crippen LogP contribution in [0.15, 0.2) is 53.3 Å². The number of carbonyl (C=O) groups is 1. The normalized spacial score (nSPS) is 15.1. The predicted octanol–water partition coefficient (Wildman–Crippen LogP) is 2.61. The van der Waals surface area contributed by atoms with E-state index < -0.39 is 5.91 Å². The summed E-state index contributed by atoms with van der Waals surface area (Å²) < 4.78 is 5.42. The van der Waals surface area contributed by atoms with Gasteiger partial charge in [-0.15, -0.1) is 0 Å². The van der Waals surface area contributed by atoms with Gasteiger partial charge in [0.15, 0.2) is 0 Å². The zero-order chi connectivity index (χ0) is 20.7. The smallest absolute Gasteiger partial charge is 0.257 e. The SMILES string of the molecule is NC(=O)c1ccc2[nH]c(=O)c(-c3cc4cc(CN5CCOCC5)ccc4[nH]3)cc2c1. The van der Waals surface area contributed by atoms with Crippen molar-refractivity contribution >= 4 is 27.7 Å². The number of hydrogen-bond donors (Lipinski definition) is 3. The van der Waals surface area contributed by atoms with Crippen LogP contribution in [0.4, 0.5) is 0 Å². The third-order valence-electron chi connectivity index (χ3n) is 5.61. The molecule has 3 heterocycles. The number of pyridine rings is 1. The number of hydrogen-bond acceptors (Lipinski definition) is 4. The maximum Gasteiger partial charge on any atom is 0.257 e. The van der Waals surface area contributed by atoms with E-state index >= 15 is 0 Å². The summed E-state index contributed by atoms with van der Waals surface area (Å²) in [5.74, 6) is -0.497. The molecule has 0 bridgehead atoms. The Kier molecular flexibility index (Phi) is 4.61. The largest absolute Gasteiger partial charge is 0.379 e. The number of carbonyl (C=O) groups excluding carboxylic acids is 1. The summed E-state index contributed by atoms with van der Waals surface area (Å²) in [6.07, 6.45) is 0. The molecule has 7 nitrogen and oxygen atoms in total. The molecule has 5 rings (SSSR count). The Bertz CT molecular complexity index is 1320. The number of fused-ring (bicyclic) bond motifs is 2. The van der Waals surface area contributed by atoms with Gasteiger partial charge in [0.2, 0.25) is 5.91 Å². The molecule has 152 valence electrons. The summed E-state index contributed by atoms with van der Waals surface area (Å²) >= 11 is 0. The van der Waals surface area contributed by atoms with Crippen LogP contribution in [0.1, 0.15) is 15.9 Å². The number of benzene rings is 2. The molecule has 0 radical (unpaired) electrons. The minimum Gasteiger partial charge on any atom is -0.379 e. The highest BCUT2D eigenvalue weighted by atomic mass is 16.5. The Morgan fingerprint density at radius 1 is 0.967 bits per heavy atom. The number of primary amides is 1.